The number of hydrogen-bond donors (Lipinski definition) is 2. The molecule has 3 aromatic heterocycles. The molecule has 11 heteroatoms. The van der Waals surface area contributed by atoms with E-state index in [1.165, 1.54) is 15.9 Å². The SMILES string of the molecule is Cc1nn(C)c2sc(C(=O)NC(C)C(=O)N3CCn4c(n[nH]c4=O)C3)cc12. The minimum atomic E-state index is -0.681. The Labute approximate surface area is 157 Å². The van der Waals surface area contributed by atoms with Crippen LogP contribution in [0, 0.1) is 6.92 Å². The molecule has 142 valence electrons. The molecule has 0 bridgehead atoms. The minimum absolute atomic E-state index is 0.205. The normalized spacial score (nSPS) is 15.0. The van der Waals surface area contributed by atoms with Crippen molar-refractivity contribution in [1.82, 2.24) is 34.8 Å². The number of aromatic nitrogens is 5. The highest BCUT2D eigenvalue weighted by Crippen LogP contribution is 2.27. The average molecular weight is 389 g/mol. The van der Waals surface area contributed by atoms with Crippen LogP contribution in [0.25, 0.3) is 10.2 Å². The molecule has 1 aliphatic rings. The molecule has 4 heterocycles. The van der Waals surface area contributed by atoms with Crippen LogP contribution in [0.3, 0.4) is 0 Å². The van der Waals surface area contributed by atoms with Gasteiger partial charge in [-0.15, -0.1) is 11.3 Å². The van der Waals surface area contributed by atoms with Crippen molar-refractivity contribution in [3.63, 3.8) is 0 Å². The van der Waals surface area contributed by atoms with Gasteiger partial charge >= 0.3 is 5.69 Å². The molecule has 1 aliphatic heterocycles. The summed E-state index contributed by atoms with van der Waals surface area (Å²) in [4.78, 5) is 39.9. The molecule has 2 amide bonds. The third-order valence-corrected chi connectivity index (χ3v) is 5.91. The van der Waals surface area contributed by atoms with Gasteiger partial charge in [-0.1, -0.05) is 0 Å². The van der Waals surface area contributed by atoms with E-state index in [4.69, 9.17) is 0 Å². The summed E-state index contributed by atoms with van der Waals surface area (Å²) in [6, 6.07) is 1.12. The Kier molecular flexibility index (Phi) is 4.10. The standard InChI is InChI=1S/C16H19N7O3S/c1-8-10-6-11(27-15(10)21(3)20-8)13(24)17-9(2)14(25)22-4-5-23-12(7-22)18-19-16(23)26/h6,9H,4-5,7H2,1-3H3,(H,17,24)(H,19,26). The average Bonchev–Trinajstić information content (AvgIpc) is 3.31. The first kappa shape index (κ1) is 17.5. The molecule has 2 N–H and O–H groups in total. The van der Waals surface area contributed by atoms with Crippen LogP contribution >= 0.6 is 11.3 Å². The fourth-order valence-corrected chi connectivity index (χ4v) is 4.31. The second-order valence-electron chi connectivity index (χ2n) is 6.59. The van der Waals surface area contributed by atoms with Gasteiger partial charge in [0.1, 0.15) is 10.9 Å². The monoisotopic (exact) mass is 389 g/mol. The van der Waals surface area contributed by atoms with Gasteiger partial charge in [0.25, 0.3) is 5.91 Å². The largest absolute Gasteiger partial charge is 0.343 e. The second-order valence-corrected chi connectivity index (χ2v) is 7.62. The first-order chi connectivity index (χ1) is 12.8. The lowest BCUT2D eigenvalue weighted by atomic mass is 10.2. The summed E-state index contributed by atoms with van der Waals surface area (Å²) >= 11 is 1.35. The highest BCUT2D eigenvalue weighted by atomic mass is 32.1. The summed E-state index contributed by atoms with van der Waals surface area (Å²) in [5.74, 6) is 0.0275. The van der Waals surface area contributed by atoms with Crippen molar-refractivity contribution in [3.05, 3.63) is 32.9 Å². The molecule has 3 aromatic rings. The zero-order valence-electron chi connectivity index (χ0n) is 15.1. The van der Waals surface area contributed by atoms with Crippen molar-refractivity contribution in [2.75, 3.05) is 6.54 Å². The number of fused-ring (bicyclic) bond motifs is 2. The fourth-order valence-electron chi connectivity index (χ4n) is 3.28. The maximum absolute atomic E-state index is 12.7. The van der Waals surface area contributed by atoms with Gasteiger partial charge in [-0.2, -0.15) is 10.2 Å². The van der Waals surface area contributed by atoms with E-state index in [2.05, 4.69) is 20.6 Å². The number of aryl methyl sites for hydroxylation is 2. The molecule has 1 unspecified atom stereocenters. The van der Waals surface area contributed by atoms with E-state index < -0.39 is 6.04 Å². The van der Waals surface area contributed by atoms with E-state index in [0.29, 0.717) is 23.8 Å². The molecule has 0 saturated carbocycles. The zero-order valence-corrected chi connectivity index (χ0v) is 16.0. The fraction of sp³-hybridized carbons (Fsp3) is 0.438. The van der Waals surface area contributed by atoms with Crippen LogP contribution in [-0.4, -0.2) is 53.8 Å². The Morgan fingerprint density at radius 3 is 2.89 bits per heavy atom. The maximum atomic E-state index is 12.7. The third kappa shape index (κ3) is 2.93. The zero-order chi connectivity index (χ0) is 19.3. The number of H-pyrrole nitrogens is 1. The molecular formula is C16H19N7O3S. The van der Waals surface area contributed by atoms with Gasteiger partial charge < -0.3 is 10.2 Å². The molecule has 0 fully saturated rings. The van der Waals surface area contributed by atoms with Gasteiger partial charge in [0.2, 0.25) is 5.91 Å². The number of carbonyl (C=O) groups is 2. The van der Waals surface area contributed by atoms with Crippen LogP contribution in [0.2, 0.25) is 0 Å². The van der Waals surface area contributed by atoms with Gasteiger partial charge in [0.15, 0.2) is 5.82 Å². The van der Waals surface area contributed by atoms with Crippen molar-refractivity contribution in [1.29, 1.82) is 0 Å². The second kappa shape index (κ2) is 6.34. The smallest absolute Gasteiger partial charge is 0.340 e. The number of aromatic amines is 1. The van der Waals surface area contributed by atoms with E-state index in [-0.39, 0.29) is 24.0 Å². The predicted molar refractivity (Wildman–Crippen MR) is 98.5 cm³/mol. The molecule has 1 atom stereocenters. The maximum Gasteiger partial charge on any atom is 0.343 e. The summed E-state index contributed by atoms with van der Waals surface area (Å²) in [5.41, 5.74) is 0.596. The molecular weight excluding hydrogens is 370 g/mol. The van der Waals surface area contributed by atoms with Crippen LogP contribution in [0.15, 0.2) is 10.9 Å². The van der Waals surface area contributed by atoms with Crippen LogP contribution in [0.1, 0.15) is 28.1 Å². The summed E-state index contributed by atoms with van der Waals surface area (Å²) in [7, 11) is 1.84. The lowest BCUT2D eigenvalue weighted by Gasteiger charge is -2.29. The first-order valence-corrected chi connectivity index (χ1v) is 9.33. The van der Waals surface area contributed by atoms with Crippen molar-refractivity contribution >= 4 is 33.4 Å². The summed E-state index contributed by atoms with van der Waals surface area (Å²) in [5, 5.41) is 14.3. The summed E-state index contributed by atoms with van der Waals surface area (Å²) in [6.07, 6.45) is 0. The number of carbonyl (C=O) groups excluding carboxylic acids is 2. The highest BCUT2D eigenvalue weighted by molar-refractivity contribution is 7.20. The Morgan fingerprint density at radius 1 is 1.37 bits per heavy atom. The number of amides is 2. The van der Waals surface area contributed by atoms with Gasteiger partial charge in [-0.25, -0.2) is 9.89 Å². The lowest BCUT2D eigenvalue weighted by Crippen LogP contribution is -2.49. The molecule has 27 heavy (non-hydrogen) atoms. The minimum Gasteiger partial charge on any atom is -0.340 e. The Hall–Kier alpha value is -2.95. The Bertz CT molecular complexity index is 1070. The van der Waals surface area contributed by atoms with E-state index in [1.54, 1.807) is 22.6 Å². The van der Waals surface area contributed by atoms with Crippen molar-refractivity contribution in [2.24, 2.45) is 7.05 Å². The van der Waals surface area contributed by atoms with Gasteiger partial charge in [0, 0.05) is 25.5 Å². The molecule has 0 aromatic carbocycles. The summed E-state index contributed by atoms with van der Waals surface area (Å²) in [6.45, 7) is 4.59. The predicted octanol–water partition coefficient (Wildman–Crippen LogP) is -0.0113. The molecule has 0 spiro atoms. The van der Waals surface area contributed by atoms with E-state index in [0.717, 1.165) is 15.9 Å². The van der Waals surface area contributed by atoms with Crippen LogP contribution in [0.5, 0.6) is 0 Å². The topological polar surface area (TPSA) is 118 Å². The number of thiophene rings is 1. The number of hydrogen-bond acceptors (Lipinski definition) is 6. The molecule has 0 aliphatic carbocycles. The van der Waals surface area contributed by atoms with Crippen molar-refractivity contribution in [3.8, 4) is 0 Å². The van der Waals surface area contributed by atoms with E-state index in [9.17, 15) is 14.4 Å². The Morgan fingerprint density at radius 2 is 2.15 bits per heavy atom. The van der Waals surface area contributed by atoms with Crippen molar-refractivity contribution < 1.29 is 9.59 Å². The van der Waals surface area contributed by atoms with Crippen LogP contribution in [-0.2, 0) is 24.9 Å². The van der Waals surface area contributed by atoms with Crippen LogP contribution < -0.4 is 11.0 Å². The van der Waals surface area contributed by atoms with E-state index in [1.807, 2.05) is 14.0 Å². The number of nitrogens with one attached hydrogen (secondary N) is 2. The van der Waals surface area contributed by atoms with Crippen LogP contribution in [0.4, 0.5) is 0 Å². The molecule has 10 nitrogen and oxygen atoms in total. The highest BCUT2D eigenvalue weighted by Gasteiger charge is 2.28. The van der Waals surface area contributed by atoms with Gasteiger partial charge in [-0.3, -0.25) is 18.8 Å². The van der Waals surface area contributed by atoms with E-state index >= 15 is 0 Å². The quantitative estimate of drug-likeness (QED) is 0.653. The molecule has 4 rings (SSSR count). The molecule has 0 radical (unpaired) electrons. The third-order valence-electron chi connectivity index (χ3n) is 4.71. The number of rotatable bonds is 3. The van der Waals surface area contributed by atoms with Gasteiger partial charge in [0.05, 0.1) is 17.1 Å². The van der Waals surface area contributed by atoms with Crippen molar-refractivity contribution in [2.45, 2.75) is 33.0 Å². The number of nitrogens with zero attached hydrogens (tertiary/aromatic N) is 5. The summed E-state index contributed by atoms with van der Waals surface area (Å²) < 4.78 is 3.26. The molecule has 0 saturated heterocycles. The lowest BCUT2D eigenvalue weighted by molar-refractivity contribution is -0.134. The Balaban J connectivity index is 1.45. The van der Waals surface area contributed by atoms with Gasteiger partial charge in [-0.05, 0) is 19.9 Å². The first-order valence-electron chi connectivity index (χ1n) is 8.52.